The largest absolute Gasteiger partial charge is 0.426 e. The molecule has 1 saturated heterocycles. The summed E-state index contributed by atoms with van der Waals surface area (Å²) in [5, 5.41) is 10.2. The molecular weight excluding hydrogens is 497 g/mol. The van der Waals surface area contributed by atoms with Crippen LogP contribution >= 0.6 is 30.8 Å². The van der Waals surface area contributed by atoms with Gasteiger partial charge < -0.3 is 14.4 Å². The smallest absolute Gasteiger partial charge is 0.367 e. The van der Waals surface area contributed by atoms with E-state index in [0.29, 0.717) is 5.75 Å². The van der Waals surface area contributed by atoms with Gasteiger partial charge in [-0.15, -0.1) is 0 Å². The van der Waals surface area contributed by atoms with Crippen molar-refractivity contribution in [1.29, 1.82) is 0 Å². The SMILES string of the molecule is O=c1ccn([C@@H]2O[C@H](CO[PH](=O)Oc3ccccc3)[C@@H](O)[C@]2(F)I)c(=O)[nH]1. The van der Waals surface area contributed by atoms with Crippen LogP contribution < -0.4 is 15.8 Å². The Bertz CT molecular complexity index is 936. The van der Waals surface area contributed by atoms with Crippen molar-refractivity contribution in [1.82, 2.24) is 9.55 Å². The minimum atomic E-state index is -2.97. The van der Waals surface area contributed by atoms with Crippen LogP contribution in [0.25, 0.3) is 0 Å². The molecule has 2 N–H and O–H groups in total. The number of ether oxygens (including phenoxy) is 1. The van der Waals surface area contributed by atoms with Crippen LogP contribution in [0.2, 0.25) is 0 Å². The fraction of sp³-hybridized carbons (Fsp3) is 0.333. The Balaban J connectivity index is 1.68. The number of nitrogens with zero attached hydrogens (tertiary/aromatic N) is 1. The van der Waals surface area contributed by atoms with Crippen molar-refractivity contribution in [2.75, 3.05) is 6.61 Å². The van der Waals surface area contributed by atoms with Gasteiger partial charge in [0, 0.05) is 12.3 Å². The van der Waals surface area contributed by atoms with E-state index >= 15 is 0 Å². The summed E-state index contributed by atoms with van der Waals surface area (Å²) in [4.78, 5) is 25.0. The van der Waals surface area contributed by atoms with Crippen LogP contribution in [0, 0.1) is 0 Å². The van der Waals surface area contributed by atoms with Gasteiger partial charge in [-0.1, -0.05) is 18.2 Å². The zero-order valence-electron chi connectivity index (χ0n) is 13.6. The van der Waals surface area contributed by atoms with Crippen molar-refractivity contribution in [3.05, 3.63) is 63.4 Å². The van der Waals surface area contributed by atoms with E-state index in [1.165, 1.54) is 22.6 Å². The number of halogens is 2. The number of hydrogen-bond acceptors (Lipinski definition) is 7. The highest BCUT2D eigenvalue weighted by Gasteiger charge is 2.57. The van der Waals surface area contributed by atoms with Crippen molar-refractivity contribution >= 4 is 30.8 Å². The molecule has 2 aromatic rings. The zero-order valence-corrected chi connectivity index (χ0v) is 16.7. The molecule has 1 aliphatic heterocycles. The van der Waals surface area contributed by atoms with E-state index in [2.05, 4.69) is 0 Å². The average molecular weight is 512 g/mol. The maximum absolute atomic E-state index is 15.0. The second kappa shape index (κ2) is 8.23. The van der Waals surface area contributed by atoms with Gasteiger partial charge in [-0.25, -0.2) is 13.8 Å². The van der Waals surface area contributed by atoms with Crippen LogP contribution in [0.3, 0.4) is 0 Å². The van der Waals surface area contributed by atoms with E-state index < -0.39 is 48.2 Å². The summed E-state index contributed by atoms with van der Waals surface area (Å²) in [5.41, 5.74) is -1.54. The number of aliphatic hydroxyl groups is 1. The number of benzene rings is 1. The van der Waals surface area contributed by atoms with Crippen molar-refractivity contribution in [3.63, 3.8) is 0 Å². The van der Waals surface area contributed by atoms with E-state index in [1.807, 2.05) is 4.98 Å². The highest BCUT2D eigenvalue weighted by molar-refractivity contribution is 14.1. The number of para-hydroxylation sites is 1. The number of aliphatic hydroxyl groups excluding tert-OH is 1. The van der Waals surface area contributed by atoms with Gasteiger partial charge in [0.15, 0.2) is 6.23 Å². The number of alkyl halides is 2. The third kappa shape index (κ3) is 4.49. The van der Waals surface area contributed by atoms with E-state index in [4.69, 9.17) is 13.8 Å². The van der Waals surface area contributed by atoms with E-state index in [-0.39, 0.29) is 0 Å². The Labute approximate surface area is 166 Å². The van der Waals surface area contributed by atoms with Gasteiger partial charge in [0.25, 0.3) is 5.56 Å². The minimum absolute atomic E-state index is 0.334. The molecule has 0 bridgehead atoms. The van der Waals surface area contributed by atoms with Crippen molar-refractivity contribution < 1.29 is 27.8 Å². The lowest BCUT2D eigenvalue weighted by Crippen LogP contribution is -2.41. The van der Waals surface area contributed by atoms with Gasteiger partial charge in [-0.3, -0.25) is 18.9 Å². The molecule has 9 nitrogen and oxygen atoms in total. The average Bonchev–Trinajstić information content (AvgIpc) is 2.84. The number of aromatic nitrogens is 2. The number of aromatic amines is 1. The molecule has 2 heterocycles. The third-order valence-corrected chi connectivity index (χ3v) is 5.77. The Morgan fingerprint density at radius 2 is 2.04 bits per heavy atom. The maximum Gasteiger partial charge on any atom is 0.367 e. The normalized spacial score (nSPS) is 28.8. The fourth-order valence-electron chi connectivity index (χ4n) is 2.48. The summed E-state index contributed by atoms with van der Waals surface area (Å²) < 4.78 is 40.8. The van der Waals surface area contributed by atoms with Gasteiger partial charge in [0.1, 0.15) is 18.0 Å². The molecule has 0 amide bonds. The molecule has 27 heavy (non-hydrogen) atoms. The molecule has 1 aromatic heterocycles. The quantitative estimate of drug-likeness (QED) is 0.341. The lowest BCUT2D eigenvalue weighted by molar-refractivity contribution is -0.0458. The van der Waals surface area contributed by atoms with Crippen LogP contribution in [-0.4, -0.2) is 37.1 Å². The van der Waals surface area contributed by atoms with Crippen LogP contribution in [0.15, 0.2) is 52.2 Å². The molecule has 1 unspecified atom stereocenters. The summed E-state index contributed by atoms with van der Waals surface area (Å²) in [6.07, 6.45) is -3.32. The number of hydrogen-bond donors (Lipinski definition) is 2. The molecule has 12 heteroatoms. The highest BCUT2D eigenvalue weighted by atomic mass is 127. The lowest BCUT2D eigenvalue weighted by atomic mass is 10.1. The molecule has 5 atom stereocenters. The fourth-order valence-corrected chi connectivity index (χ4v) is 4.02. The highest BCUT2D eigenvalue weighted by Crippen LogP contribution is 2.46. The van der Waals surface area contributed by atoms with Crippen LogP contribution in [0.4, 0.5) is 4.39 Å². The molecule has 0 radical (unpaired) electrons. The topological polar surface area (TPSA) is 120 Å². The summed E-state index contributed by atoms with van der Waals surface area (Å²) in [6, 6.07) is 9.34. The third-order valence-electron chi connectivity index (χ3n) is 3.79. The zero-order chi connectivity index (χ0) is 19.6. The molecule has 0 saturated carbocycles. The molecule has 0 aliphatic carbocycles. The molecule has 1 aromatic carbocycles. The van der Waals surface area contributed by atoms with Crippen molar-refractivity contribution in [2.24, 2.45) is 0 Å². The second-order valence-corrected chi connectivity index (χ2v) is 8.29. The van der Waals surface area contributed by atoms with Crippen LogP contribution in [0.1, 0.15) is 6.23 Å². The van der Waals surface area contributed by atoms with Gasteiger partial charge in [-0.05, 0) is 34.7 Å². The van der Waals surface area contributed by atoms with Crippen LogP contribution in [0.5, 0.6) is 5.75 Å². The Morgan fingerprint density at radius 1 is 1.33 bits per heavy atom. The molecular formula is C15H15FIN2O7P. The summed E-state index contributed by atoms with van der Waals surface area (Å²) in [5.74, 6) is 0.334. The molecule has 146 valence electrons. The first-order valence-electron chi connectivity index (χ1n) is 7.71. The monoisotopic (exact) mass is 512 g/mol. The number of H-pyrrole nitrogens is 1. The van der Waals surface area contributed by atoms with Gasteiger partial charge in [0.2, 0.25) is 3.68 Å². The first kappa shape index (κ1) is 20.2. The first-order valence-corrected chi connectivity index (χ1v) is 10.0. The van der Waals surface area contributed by atoms with E-state index in [1.54, 1.807) is 30.3 Å². The Kier molecular flexibility index (Phi) is 6.16. The van der Waals surface area contributed by atoms with Gasteiger partial charge in [0.05, 0.1) is 6.61 Å². The van der Waals surface area contributed by atoms with E-state index in [0.717, 1.165) is 16.8 Å². The van der Waals surface area contributed by atoms with Gasteiger partial charge >= 0.3 is 13.9 Å². The number of nitrogens with one attached hydrogen (secondary N) is 1. The molecule has 3 rings (SSSR count). The Hall–Kier alpha value is -1.53. The van der Waals surface area contributed by atoms with Crippen LogP contribution in [-0.2, 0) is 13.8 Å². The van der Waals surface area contributed by atoms with E-state index in [9.17, 15) is 23.7 Å². The predicted octanol–water partition coefficient (Wildman–Crippen LogP) is 1.38. The predicted molar refractivity (Wildman–Crippen MR) is 101 cm³/mol. The van der Waals surface area contributed by atoms with Gasteiger partial charge in [-0.2, -0.15) is 0 Å². The summed E-state index contributed by atoms with van der Waals surface area (Å²) in [7, 11) is -2.97. The first-order chi connectivity index (χ1) is 12.8. The molecule has 0 spiro atoms. The number of rotatable bonds is 6. The Morgan fingerprint density at radius 3 is 2.70 bits per heavy atom. The summed E-state index contributed by atoms with van der Waals surface area (Å²) >= 11 is 1.32. The van der Waals surface area contributed by atoms with Crippen molar-refractivity contribution in [2.45, 2.75) is 22.1 Å². The molecule has 1 fully saturated rings. The molecule has 1 aliphatic rings. The maximum atomic E-state index is 15.0. The standard InChI is InChI=1S/C15H15FIN2O7P/c16-15(17)12(21)10(8-24-27(23)26-9-4-2-1-3-5-9)25-13(15)19-7-6-11(20)18-14(19)22/h1-7,10,12-13,21,27H,8H2,(H,18,20,22)/t10-,12-,13-,15+/m1/s1. The minimum Gasteiger partial charge on any atom is -0.426 e. The lowest BCUT2D eigenvalue weighted by Gasteiger charge is -2.22. The van der Waals surface area contributed by atoms with Crippen molar-refractivity contribution in [3.8, 4) is 5.75 Å². The summed E-state index contributed by atoms with van der Waals surface area (Å²) in [6.45, 7) is -0.422. The second-order valence-electron chi connectivity index (χ2n) is 5.64.